The Labute approximate surface area is 128 Å². The van der Waals surface area contributed by atoms with E-state index in [-0.39, 0.29) is 6.04 Å². The zero-order valence-electron chi connectivity index (χ0n) is 12.4. The highest BCUT2D eigenvalue weighted by molar-refractivity contribution is 7.99. The molecule has 0 fully saturated rings. The Kier molecular flexibility index (Phi) is 5.41. The maximum Gasteiger partial charge on any atom is 0.187 e. The highest BCUT2D eigenvalue weighted by Gasteiger charge is 2.11. The number of benzene rings is 1. The van der Waals surface area contributed by atoms with Crippen LogP contribution in [-0.2, 0) is 0 Å². The molecule has 5 nitrogen and oxygen atoms in total. The smallest absolute Gasteiger partial charge is 0.187 e. The van der Waals surface area contributed by atoms with Gasteiger partial charge in [0.2, 0.25) is 0 Å². The first kappa shape index (κ1) is 15.6. The van der Waals surface area contributed by atoms with Crippen molar-refractivity contribution in [2.75, 3.05) is 20.0 Å². The van der Waals surface area contributed by atoms with Crippen molar-refractivity contribution in [3.8, 4) is 11.5 Å². The third-order valence-corrected chi connectivity index (χ3v) is 3.98. The van der Waals surface area contributed by atoms with E-state index < -0.39 is 0 Å². The maximum atomic E-state index is 6.22. The van der Waals surface area contributed by atoms with Crippen LogP contribution in [0.3, 0.4) is 0 Å². The molecule has 0 saturated heterocycles. The molecule has 0 saturated carbocycles. The number of rotatable bonds is 6. The first-order chi connectivity index (χ1) is 10.1. The molecule has 1 aromatic carbocycles. The van der Waals surface area contributed by atoms with Crippen LogP contribution in [0, 0.1) is 6.92 Å². The molecule has 6 heteroatoms. The molecule has 0 bridgehead atoms. The number of nitrogens with zero attached hydrogens (tertiary/aromatic N) is 2. The van der Waals surface area contributed by atoms with Gasteiger partial charge in [0.25, 0.3) is 0 Å². The summed E-state index contributed by atoms with van der Waals surface area (Å²) in [5.74, 6) is 2.07. The second kappa shape index (κ2) is 7.28. The predicted molar refractivity (Wildman–Crippen MR) is 84.0 cm³/mol. The number of hydrogen-bond acceptors (Lipinski definition) is 6. The summed E-state index contributed by atoms with van der Waals surface area (Å²) in [6.07, 6.45) is 3.61. The van der Waals surface area contributed by atoms with Crippen molar-refractivity contribution in [3.63, 3.8) is 0 Å². The molecule has 1 heterocycles. The standard InChI is InChI=1S/C15H19N3O2S/c1-10-7-17-15(18-8-10)21-9-12(16)11-4-5-13(19-2)14(6-11)20-3/h4-8,12H,9,16H2,1-3H3. The molecule has 0 aliphatic rings. The molecule has 2 N–H and O–H groups in total. The summed E-state index contributed by atoms with van der Waals surface area (Å²) in [7, 11) is 3.23. The van der Waals surface area contributed by atoms with Gasteiger partial charge in [-0.3, -0.25) is 0 Å². The lowest BCUT2D eigenvalue weighted by Crippen LogP contribution is -2.13. The van der Waals surface area contributed by atoms with E-state index in [1.807, 2.05) is 25.1 Å². The van der Waals surface area contributed by atoms with Gasteiger partial charge in [-0.05, 0) is 30.2 Å². The molecule has 2 rings (SSSR count). The molecule has 2 aromatic rings. The van der Waals surface area contributed by atoms with E-state index in [0.717, 1.165) is 16.3 Å². The molecule has 0 aliphatic carbocycles. The topological polar surface area (TPSA) is 70.3 Å². The lowest BCUT2D eigenvalue weighted by atomic mass is 10.1. The van der Waals surface area contributed by atoms with Crippen molar-refractivity contribution >= 4 is 11.8 Å². The maximum absolute atomic E-state index is 6.22. The molecule has 0 radical (unpaired) electrons. The van der Waals surface area contributed by atoms with Crippen LogP contribution >= 0.6 is 11.8 Å². The van der Waals surface area contributed by atoms with Gasteiger partial charge in [0, 0.05) is 24.2 Å². The van der Waals surface area contributed by atoms with Gasteiger partial charge in [0.1, 0.15) is 0 Å². The van der Waals surface area contributed by atoms with Crippen LogP contribution in [0.1, 0.15) is 17.2 Å². The van der Waals surface area contributed by atoms with Gasteiger partial charge in [-0.25, -0.2) is 9.97 Å². The molecule has 21 heavy (non-hydrogen) atoms. The van der Waals surface area contributed by atoms with E-state index in [1.165, 1.54) is 11.8 Å². The lowest BCUT2D eigenvalue weighted by molar-refractivity contribution is 0.354. The van der Waals surface area contributed by atoms with Crippen molar-refractivity contribution in [1.82, 2.24) is 9.97 Å². The minimum atomic E-state index is -0.125. The normalized spacial score (nSPS) is 12.0. The number of aryl methyl sites for hydroxylation is 1. The van der Waals surface area contributed by atoms with Crippen molar-refractivity contribution in [2.45, 2.75) is 18.1 Å². The van der Waals surface area contributed by atoms with Gasteiger partial charge >= 0.3 is 0 Å². The van der Waals surface area contributed by atoms with E-state index in [9.17, 15) is 0 Å². The Balaban J connectivity index is 2.02. The fourth-order valence-corrected chi connectivity index (χ4v) is 2.57. The van der Waals surface area contributed by atoms with E-state index in [4.69, 9.17) is 15.2 Å². The Morgan fingerprint density at radius 2 is 1.81 bits per heavy atom. The van der Waals surface area contributed by atoms with Gasteiger partial charge in [-0.15, -0.1) is 0 Å². The first-order valence-corrected chi connectivity index (χ1v) is 7.51. The summed E-state index contributed by atoms with van der Waals surface area (Å²) in [6, 6.07) is 5.59. The van der Waals surface area contributed by atoms with Gasteiger partial charge in [-0.1, -0.05) is 17.8 Å². The summed E-state index contributed by atoms with van der Waals surface area (Å²) >= 11 is 1.54. The molecular weight excluding hydrogens is 286 g/mol. The van der Waals surface area contributed by atoms with Crippen LogP contribution in [0.5, 0.6) is 11.5 Å². The molecule has 112 valence electrons. The molecule has 0 amide bonds. The van der Waals surface area contributed by atoms with Crippen molar-refractivity contribution in [3.05, 3.63) is 41.7 Å². The second-order valence-corrected chi connectivity index (χ2v) is 5.56. The Bertz CT molecular complexity index is 590. The molecule has 0 spiro atoms. The summed E-state index contributed by atoms with van der Waals surface area (Å²) in [5.41, 5.74) is 8.25. The molecular formula is C15H19N3O2S. The average Bonchev–Trinajstić information content (AvgIpc) is 2.53. The number of thioether (sulfide) groups is 1. The van der Waals surface area contributed by atoms with Crippen LogP contribution in [0.2, 0.25) is 0 Å². The number of nitrogens with two attached hydrogens (primary N) is 1. The summed E-state index contributed by atoms with van der Waals surface area (Å²) in [6.45, 7) is 1.96. The monoisotopic (exact) mass is 305 g/mol. The quantitative estimate of drug-likeness (QED) is 0.653. The number of hydrogen-bond donors (Lipinski definition) is 1. The number of aromatic nitrogens is 2. The predicted octanol–water partition coefficient (Wildman–Crippen LogP) is 2.59. The van der Waals surface area contributed by atoms with Crippen molar-refractivity contribution in [1.29, 1.82) is 0 Å². The largest absolute Gasteiger partial charge is 0.493 e. The van der Waals surface area contributed by atoms with E-state index in [2.05, 4.69) is 9.97 Å². The van der Waals surface area contributed by atoms with E-state index in [0.29, 0.717) is 17.3 Å². The third kappa shape index (κ3) is 4.09. The van der Waals surface area contributed by atoms with Gasteiger partial charge in [0.05, 0.1) is 14.2 Å². The van der Waals surface area contributed by atoms with Gasteiger partial charge < -0.3 is 15.2 Å². The van der Waals surface area contributed by atoms with Gasteiger partial charge in [-0.2, -0.15) is 0 Å². The minimum Gasteiger partial charge on any atom is -0.493 e. The van der Waals surface area contributed by atoms with Crippen LogP contribution in [0.25, 0.3) is 0 Å². The highest BCUT2D eigenvalue weighted by atomic mass is 32.2. The molecule has 1 atom stereocenters. The molecule has 1 aromatic heterocycles. The highest BCUT2D eigenvalue weighted by Crippen LogP contribution is 2.30. The fraction of sp³-hybridized carbons (Fsp3) is 0.333. The van der Waals surface area contributed by atoms with Crippen molar-refractivity contribution in [2.24, 2.45) is 5.73 Å². The first-order valence-electron chi connectivity index (χ1n) is 6.53. The molecule has 1 unspecified atom stereocenters. The second-order valence-electron chi connectivity index (χ2n) is 4.57. The zero-order chi connectivity index (χ0) is 15.2. The van der Waals surface area contributed by atoms with Crippen LogP contribution < -0.4 is 15.2 Å². The Morgan fingerprint density at radius 3 is 2.43 bits per heavy atom. The SMILES string of the molecule is COc1ccc(C(N)CSc2ncc(C)cn2)cc1OC. The average molecular weight is 305 g/mol. The lowest BCUT2D eigenvalue weighted by Gasteiger charge is -2.14. The van der Waals surface area contributed by atoms with Crippen LogP contribution in [0.4, 0.5) is 0 Å². The minimum absolute atomic E-state index is 0.125. The van der Waals surface area contributed by atoms with Crippen LogP contribution in [-0.4, -0.2) is 29.9 Å². The third-order valence-electron chi connectivity index (χ3n) is 2.98. The summed E-state index contributed by atoms with van der Waals surface area (Å²) in [5, 5.41) is 0.733. The van der Waals surface area contributed by atoms with Gasteiger partial charge in [0.15, 0.2) is 16.7 Å². The van der Waals surface area contributed by atoms with E-state index >= 15 is 0 Å². The fourth-order valence-electron chi connectivity index (χ4n) is 1.80. The zero-order valence-corrected chi connectivity index (χ0v) is 13.2. The van der Waals surface area contributed by atoms with E-state index in [1.54, 1.807) is 26.6 Å². The summed E-state index contributed by atoms with van der Waals surface area (Å²) < 4.78 is 10.5. The number of methoxy groups -OCH3 is 2. The molecule has 0 aliphatic heterocycles. The summed E-state index contributed by atoms with van der Waals surface area (Å²) in [4.78, 5) is 8.51. The van der Waals surface area contributed by atoms with Crippen molar-refractivity contribution < 1.29 is 9.47 Å². The Hall–Kier alpha value is -1.79. The number of ether oxygens (including phenoxy) is 2. The van der Waals surface area contributed by atoms with Crippen LogP contribution in [0.15, 0.2) is 35.7 Å². The Morgan fingerprint density at radius 1 is 1.14 bits per heavy atom.